The number of carbonyl (C=O) groups excluding carboxylic acids is 1. The Morgan fingerprint density at radius 3 is 2.26 bits per heavy atom. The van der Waals surface area contributed by atoms with Gasteiger partial charge >= 0.3 is 6.11 Å². The Morgan fingerprint density at radius 1 is 1.03 bits per heavy atom. The normalized spacial score (nSPS) is 11.6. The molecule has 1 heterocycles. The summed E-state index contributed by atoms with van der Waals surface area (Å²) in [5, 5.41) is 0. The van der Waals surface area contributed by atoms with E-state index in [0.717, 1.165) is 30.3 Å². The third-order valence-electron chi connectivity index (χ3n) is 4.88. The van der Waals surface area contributed by atoms with E-state index in [1.165, 1.54) is 18.2 Å². The molecule has 4 rings (SSSR count). The lowest BCUT2D eigenvalue weighted by Gasteiger charge is -2.15. The van der Waals surface area contributed by atoms with Gasteiger partial charge < -0.3 is 9.72 Å². The van der Waals surface area contributed by atoms with Crippen LogP contribution in [0.1, 0.15) is 18.7 Å². The van der Waals surface area contributed by atoms with Crippen molar-refractivity contribution in [2.45, 2.75) is 13.0 Å². The fourth-order valence-electron chi connectivity index (χ4n) is 3.47. The van der Waals surface area contributed by atoms with Crippen molar-refractivity contribution in [3.8, 4) is 28.3 Å². The molecule has 0 aliphatic carbocycles. The molecule has 176 valence electrons. The molecule has 0 aliphatic rings. The minimum Gasteiger partial charge on any atom is -0.433 e. The summed E-state index contributed by atoms with van der Waals surface area (Å²) in [5.41, 5.74) is -2.38. The first-order chi connectivity index (χ1) is 16.0. The van der Waals surface area contributed by atoms with Gasteiger partial charge in [-0.2, -0.15) is 8.78 Å². The van der Waals surface area contributed by atoms with E-state index in [0.29, 0.717) is 6.92 Å². The van der Waals surface area contributed by atoms with Gasteiger partial charge in [-0.05, 0) is 35.9 Å². The van der Waals surface area contributed by atoms with Crippen LogP contribution in [0, 0.1) is 23.3 Å². The zero-order valence-electron chi connectivity index (χ0n) is 17.4. The number of halogens is 6. The summed E-state index contributed by atoms with van der Waals surface area (Å²) in [6, 6.07) is 8.47. The number of benzene rings is 3. The summed E-state index contributed by atoms with van der Waals surface area (Å²) < 4.78 is 90.6. The molecule has 0 radical (unpaired) electrons. The lowest BCUT2D eigenvalue weighted by atomic mass is 10.0. The molecule has 0 fully saturated rings. The summed E-state index contributed by atoms with van der Waals surface area (Å²) in [7, 11) is 0. The maximum absolute atomic E-state index is 15.0. The monoisotopic (exact) mass is 478 g/mol. The molecule has 0 amide bonds. The number of imidazole rings is 1. The second-order valence-corrected chi connectivity index (χ2v) is 7.30. The number of H-pyrrole nitrogens is 1. The van der Waals surface area contributed by atoms with Gasteiger partial charge in [0.25, 0.3) is 0 Å². The number of para-hydroxylation sites is 1. The van der Waals surface area contributed by atoms with Crippen LogP contribution in [0.4, 0.5) is 26.3 Å². The van der Waals surface area contributed by atoms with Gasteiger partial charge in [0.15, 0.2) is 29.1 Å². The second-order valence-electron chi connectivity index (χ2n) is 7.30. The molecule has 0 unspecified atom stereocenters. The molecule has 0 bridgehead atoms. The highest BCUT2D eigenvalue weighted by atomic mass is 19.3. The van der Waals surface area contributed by atoms with Gasteiger partial charge in [0, 0.05) is 13.9 Å². The number of fused-ring (bicyclic) bond motifs is 1. The van der Waals surface area contributed by atoms with Gasteiger partial charge in [-0.25, -0.2) is 22.5 Å². The molecule has 0 saturated carbocycles. The van der Waals surface area contributed by atoms with Crippen molar-refractivity contribution in [1.82, 2.24) is 9.97 Å². The molecule has 1 N–H and O–H groups in total. The average molecular weight is 478 g/mol. The molecule has 4 nitrogen and oxygen atoms in total. The lowest BCUT2D eigenvalue weighted by Crippen LogP contribution is -2.19. The van der Waals surface area contributed by atoms with Crippen LogP contribution in [0.5, 0.6) is 5.75 Å². The Morgan fingerprint density at radius 2 is 1.65 bits per heavy atom. The zero-order valence-corrected chi connectivity index (χ0v) is 17.4. The van der Waals surface area contributed by atoms with Crippen molar-refractivity contribution in [1.29, 1.82) is 0 Å². The fourth-order valence-corrected chi connectivity index (χ4v) is 3.47. The Bertz CT molecular complexity index is 1430. The first kappa shape index (κ1) is 23.1. The molecular formula is C24H16F6N2O2. The van der Waals surface area contributed by atoms with Crippen LogP contribution in [0.15, 0.2) is 55.1 Å². The molecule has 0 atom stereocenters. The molecular weight excluding hydrogens is 462 g/mol. The van der Waals surface area contributed by atoms with Crippen LogP contribution < -0.4 is 4.74 Å². The van der Waals surface area contributed by atoms with E-state index in [9.17, 15) is 22.4 Å². The third kappa shape index (κ3) is 4.02. The minimum atomic E-state index is -3.59. The topological polar surface area (TPSA) is 55.0 Å². The van der Waals surface area contributed by atoms with Crippen LogP contribution in [-0.2, 0) is 0 Å². The number of ketones is 1. The number of nitrogens with zero attached hydrogens (tertiary/aromatic N) is 1. The van der Waals surface area contributed by atoms with Crippen molar-refractivity contribution in [2.24, 2.45) is 0 Å². The van der Waals surface area contributed by atoms with E-state index in [4.69, 9.17) is 0 Å². The van der Waals surface area contributed by atoms with E-state index in [-0.39, 0.29) is 18.0 Å². The molecule has 0 aliphatic heterocycles. The van der Waals surface area contributed by atoms with Crippen LogP contribution in [0.2, 0.25) is 0 Å². The minimum absolute atomic E-state index is 0. The number of allylic oxidation sites excluding steroid dienone is 1. The summed E-state index contributed by atoms with van der Waals surface area (Å²) >= 11 is 0. The van der Waals surface area contributed by atoms with E-state index >= 15 is 8.78 Å². The van der Waals surface area contributed by atoms with Gasteiger partial charge in [0.2, 0.25) is 0 Å². The maximum Gasteiger partial charge on any atom is 0.394 e. The number of nitrogens with one attached hydrogen (secondary N) is 1. The quantitative estimate of drug-likeness (QED) is 0.140. The number of alkyl halides is 2. The molecule has 3 aromatic carbocycles. The number of ether oxygens (including phenoxy) is 1. The second kappa shape index (κ2) is 8.36. The van der Waals surface area contributed by atoms with E-state index in [2.05, 4.69) is 21.3 Å². The highest BCUT2D eigenvalue weighted by Gasteiger charge is 2.30. The Hall–Kier alpha value is -4.08. The standard InChI is InChI=1S/C24H14F6N2O2.H2/c1-3-15(33)13-8-5-9-14-22(13)32-23(31-14)17-20(27)18(25)16(19(26)21(17)28)11-6-4-7-12(10-11)34-24(2,29)30;/h3-10H,1H2,2H3,(H,31,32);1H. The summed E-state index contributed by atoms with van der Waals surface area (Å²) in [6.45, 7) is 3.82. The smallest absolute Gasteiger partial charge is 0.394 e. The average Bonchev–Trinajstić information content (AvgIpc) is 3.20. The van der Waals surface area contributed by atoms with Gasteiger partial charge in [0.1, 0.15) is 17.1 Å². The molecule has 0 saturated heterocycles. The summed E-state index contributed by atoms with van der Waals surface area (Å²) in [4.78, 5) is 18.6. The maximum atomic E-state index is 15.0. The van der Waals surface area contributed by atoms with Gasteiger partial charge in [-0.15, -0.1) is 0 Å². The predicted molar refractivity (Wildman–Crippen MR) is 115 cm³/mol. The number of hydrogen-bond acceptors (Lipinski definition) is 3. The number of rotatable bonds is 6. The van der Waals surface area contributed by atoms with Crippen LogP contribution in [-0.4, -0.2) is 21.9 Å². The van der Waals surface area contributed by atoms with Crippen molar-refractivity contribution in [3.63, 3.8) is 0 Å². The van der Waals surface area contributed by atoms with Crippen LogP contribution >= 0.6 is 0 Å². The van der Waals surface area contributed by atoms with Gasteiger partial charge in [-0.3, -0.25) is 4.79 Å². The Labute approximate surface area is 190 Å². The summed E-state index contributed by atoms with van der Waals surface area (Å²) in [5.74, 6) is -8.61. The van der Waals surface area contributed by atoms with Crippen molar-refractivity contribution in [2.75, 3.05) is 0 Å². The summed E-state index contributed by atoms with van der Waals surface area (Å²) in [6.07, 6.45) is -2.58. The van der Waals surface area contributed by atoms with Crippen molar-refractivity contribution >= 4 is 16.8 Å². The van der Waals surface area contributed by atoms with Crippen LogP contribution in [0.3, 0.4) is 0 Å². The van der Waals surface area contributed by atoms with E-state index in [1.807, 2.05) is 0 Å². The fraction of sp³-hybridized carbons (Fsp3) is 0.0833. The first-order valence-electron chi connectivity index (χ1n) is 9.71. The van der Waals surface area contributed by atoms with E-state index in [1.54, 1.807) is 0 Å². The predicted octanol–water partition coefficient (Wildman–Crippen LogP) is 7.06. The first-order valence-corrected chi connectivity index (χ1v) is 9.71. The SMILES string of the molecule is C=CC(=O)c1cccc2[nH]c(-c3c(F)c(F)c(-c4cccc(OC(C)(F)F)c4)c(F)c3F)nc12.[HH]. The largest absolute Gasteiger partial charge is 0.433 e. The zero-order chi connectivity index (χ0) is 24.8. The molecule has 4 aromatic rings. The molecule has 10 heteroatoms. The molecule has 1 aromatic heterocycles. The van der Waals surface area contributed by atoms with Gasteiger partial charge in [0.05, 0.1) is 16.6 Å². The highest BCUT2D eigenvalue weighted by molar-refractivity contribution is 6.12. The number of hydrogen-bond donors (Lipinski definition) is 1. The Balaban J connectivity index is 0.00000342. The number of carbonyl (C=O) groups is 1. The van der Waals surface area contributed by atoms with E-state index < -0.39 is 63.4 Å². The van der Waals surface area contributed by atoms with Crippen molar-refractivity contribution in [3.05, 3.63) is 84.0 Å². The lowest BCUT2D eigenvalue weighted by molar-refractivity contribution is -0.158. The third-order valence-corrected chi connectivity index (χ3v) is 4.88. The van der Waals surface area contributed by atoms with Crippen molar-refractivity contribution < 1.29 is 37.3 Å². The van der Waals surface area contributed by atoms with Gasteiger partial charge in [-0.1, -0.05) is 24.8 Å². The van der Waals surface area contributed by atoms with Crippen LogP contribution in [0.25, 0.3) is 33.5 Å². The Kier molecular flexibility index (Phi) is 5.68. The molecule has 0 spiro atoms. The number of aromatic amines is 1. The molecule has 34 heavy (non-hydrogen) atoms. The highest BCUT2D eigenvalue weighted by Crippen LogP contribution is 2.38. The number of aromatic nitrogens is 2.